The fraction of sp³-hybridized carbons (Fsp3) is 0.926. The van der Waals surface area contributed by atoms with Gasteiger partial charge in [-0.05, 0) is 32.1 Å². The smallest absolute Gasteiger partial charge is 0.306 e. The van der Waals surface area contributed by atoms with Crippen molar-refractivity contribution in [2.45, 2.75) is 309 Å². The molecule has 0 rings (SSSR count). The summed E-state index contributed by atoms with van der Waals surface area (Å²) in [6.07, 6.45) is 61.9. The first-order valence-corrected chi connectivity index (χ1v) is 26.7. The van der Waals surface area contributed by atoms with E-state index >= 15 is 0 Å². The summed E-state index contributed by atoms with van der Waals surface area (Å²) in [7, 11) is 0. The Morgan fingerprint density at radius 3 is 0.966 bits per heavy atom. The highest BCUT2D eigenvalue weighted by molar-refractivity contribution is 5.70. The lowest BCUT2D eigenvalue weighted by Crippen LogP contribution is -2.28. The molecule has 0 aliphatic rings. The van der Waals surface area contributed by atoms with Crippen LogP contribution in [0.4, 0.5) is 0 Å². The zero-order chi connectivity index (χ0) is 42.8. The van der Waals surface area contributed by atoms with Crippen LogP contribution >= 0.6 is 0 Å². The number of hydrogen-bond acceptors (Lipinski definition) is 5. The van der Waals surface area contributed by atoms with E-state index in [0.29, 0.717) is 12.8 Å². The first kappa shape index (κ1) is 57.6. The minimum atomic E-state index is -0.777. The molecule has 0 bridgehead atoms. The molecule has 1 N–H and O–H groups in total. The van der Waals surface area contributed by atoms with E-state index < -0.39 is 6.10 Å². The highest BCUT2D eigenvalue weighted by Gasteiger charge is 2.16. The molecule has 0 saturated carbocycles. The summed E-state index contributed by atoms with van der Waals surface area (Å²) in [4.78, 5) is 24.4. The van der Waals surface area contributed by atoms with Crippen molar-refractivity contribution in [2.75, 3.05) is 13.2 Å². The SMILES string of the molecule is CCCCCCCCCCCCCCCCCCCC/C=C/CCCC(=O)OC[C@H](CO)OC(=O)CCCCCCCCCCCCCCCCCCCCCCCC. The molecule has 0 saturated heterocycles. The largest absolute Gasteiger partial charge is 0.462 e. The van der Waals surface area contributed by atoms with Gasteiger partial charge in [0.1, 0.15) is 6.61 Å². The molecule has 350 valence electrons. The Kier molecular flexibility index (Phi) is 49.8. The van der Waals surface area contributed by atoms with E-state index in [-0.39, 0.29) is 25.2 Å². The average Bonchev–Trinajstić information content (AvgIpc) is 3.24. The zero-order valence-corrected chi connectivity index (χ0v) is 40.0. The fourth-order valence-electron chi connectivity index (χ4n) is 8.27. The van der Waals surface area contributed by atoms with E-state index in [1.54, 1.807) is 0 Å². The van der Waals surface area contributed by atoms with Crippen molar-refractivity contribution in [3.8, 4) is 0 Å². The van der Waals surface area contributed by atoms with Gasteiger partial charge in [-0.25, -0.2) is 0 Å². The van der Waals surface area contributed by atoms with Crippen LogP contribution in [0.25, 0.3) is 0 Å². The Bertz CT molecular complexity index is 856. The third kappa shape index (κ3) is 49.2. The normalized spacial score (nSPS) is 12.1. The molecule has 0 radical (unpaired) electrons. The number of unbranched alkanes of at least 4 members (excludes halogenated alkanes) is 40. The second kappa shape index (κ2) is 51.0. The number of ether oxygens (including phenoxy) is 2. The van der Waals surface area contributed by atoms with Crippen LogP contribution < -0.4 is 0 Å². The molecule has 0 fully saturated rings. The number of aliphatic hydroxyl groups excluding tert-OH is 1. The number of aliphatic hydroxyl groups is 1. The van der Waals surface area contributed by atoms with E-state index in [4.69, 9.17) is 9.47 Å². The number of esters is 2. The van der Waals surface area contributed by atoms with Crippen LogP contribution in [0, 0.1) is 0 Å². The molecule has 0 aliphatic heterocycles. The van der Waals surface area contributed by atoms with Gasteiger partial charge in [0.05, 0.1) is 6.61 Å². The maximum absolute atomic E-state index is 12.3. The molecular weight excluding hydrogens is 729 g/mol. The molecule has 0 spiro atoms. The average molecular weight is 833 g/mol. The number of allylic oxidation sites excluding steroid dienone is 2. The van der Waals surface area contributed by atoms with Crippen molar-refractivity contribution in [3.05, 3.63) is 12.2 Å². The third-order valence-electron chi connectivity index (χ3n) is 12.3. The lowest BCUT2D eigenvalue weighted by molar-refractivity contribution is -0.161. The summed E-state index contributed by atoms with van der Waals surface area (Å²) in [6.45, 7) is 4.17. The lowest BCUT2D eigenvalue weighted by atomic mass is 10.0. The fourth-order valence-corrected chi connectivity index (χ4v) is 8.27. The van der Waals surface area contributed by atoms with E-state index in [1.807, 2.05) is 0 Å². The third-order valence-corrected chi connectivity index (χ3v) is 12.3. The highest BCUT2D eigenvalue weighted by atomic mass is 16.6. The predicted molar refractivity (Wildman–Crippen MR) is 256 cm³/mol. The minimum absolute atomic E-state index is 0.0738. The van der Waals surface area contributed by atoms with E-state index in [9.17, 15) is 14.7 Å². The predicted octanol–water partition coefficient (Wildman–Crippen LogP) is 17.6. The van der Waals surface area contributed by atoms with Crippen molar-refractivity contribution in [1.82, 2.24) is 0 Å². The number of carbonyl (C=O) groups is 2. The second-order valence-electron chi connectivity index (χ2n) is 18.3. The Morgan fingerprint density at radius 2 is 0.644 bits per heavy atom. The topological polar surface area (TPSA) is 72.8 Å². The second-order valence-corrected chi connectivity index (χ2v) is 18.3. The maximum Gasteiger partial charge on any atom is 0.306 e. The summed E-state index contributed by atoms with van der Waals surface area (Å²) < 4.78 is 10.7. The lowest BCUT2D eigenvalue weighted by Gasteiger charge is -2.15. The molecule has 0 aliphatic carbocycles. The molecule has 0 amide bonds. The van der Waals surface area contributed by atoms with Crippen LogP contribution in [0.15, 0.2) is 12.2 Å². The monoisotopic (exact) mass is 833 g/mol. The molecule has 0 unspecified atom stereocenters. The van der Waals surface area contributed by atoms with Crippen molar-refractivity contribution in [2.24, 2.45) is 0 Å². The van der Waals surface area contributed by atoms with Crippen molar-refractivity contribution < 1.29 is 24.2 Å². The van der Waals surface area contributed by atoms with Crippen molar-refractivity contribution in [1.29, 1.82) is 0 Å². The minimum Gasteiger partial charge on any atom is -0.462 e. The summed E-state index contributed by atoms with van der Waals surface area (Å²) in [5, 5.41) is 9.63. The molecule has 1 atom stereocenters. The molecule has 0 aromatic heterocycles. The molecule has 0 heterocycles. The van der Waals surface area contributed by atoms with Gasteiger partial charge >= 0.3 is 11.9 Å². The van der Waals surface area contributed by atoms with Crippen LogP contribution in [0.1, 0.15) is 303 Å². The highest BCUT2D eigenvalue weighted by Crippen LogP contribution is 2.17. The van der Waals surface area contributed by atoms with Gasteiger partial charge in [-0.2, -0.15) is 0 Å². The van der Waals surface area contributed by atoms with Crippen LogP contribution in [-0.4, -0.2) is 36.4 Å². The number of rotatable bonds is 50. The molecular formula is C54H104O5. The molecule has 0 aromatic carbocycles. The van der Waals surface area contributed by atoms with Crippen LogP contribution in [-0.2, 0) is 19.1 Å². The van der Waals surface area contributed by atoms with Gasteiger partial charge in [-0.1, -0.05) is 270 Å². The van der Waals surface area contributed by atoms with E-state index in [1.165, 1.54) is 238 Å². The summed E-state index contributed by atoms with van der Waals surface area (Å²) in [5.74, 6) is -0.607. The first-order chi connectivity index (χ1) is 29.1. The Balaban J connectivity index is 3.45. The Labute approximate surface area is 369 Å². The first-order valence-electron chi connectivity index (χ1n) is 26.7. The molecule has 0 aromatic rings. The van der Waals surface area contributed by atoms with Gasteiger partial charge in [0.25, 0.3) is 0 Å². The molecule has 5 heteroatoms. The number of carbonyl (C=O) groups excluding carboxylic acids is 2. The van der Waals surface area contributed by atoms with Crippen molar-refractivity contribution in [3.63, 3.8) is 0 Å². The van der Waals surface area contributed by atoms with Gasteiger partial charge in [-0.15, -0.1) is 0 Å². The Morgan fingerprint density at radius 1 is 0.373 bits per heavy atom. The van der Waals surface area contributed by atoms with Crippen molar-refractivity contribution >= 4 is 11.9 Å². The standard InChI is InChI=1S/C54H104O5/c1-3-5-7-9-11-13-15-17-19-21-23-25-27-29-30-32-34-36-38-40-42-44-46-48-53(56)58-51-52(50-55)59-54(57)49-47-45-43-41-39-37-35-33-31-28-26-24-22-20-18-16-14-12-10-8-6-4-2/h40,42,52,55H,3-39,41,43-51H2,1-2H3/b42-40+/t52-/m0/s1. The maximum atomic E-state index is 12.3. The summed E-state index contributed by atoms with van der Waals surface area (Å²) >= 11 is 0. The summed E-state index contributed by atoms with van der Waals surface area (Å²) in [5.41, 5.74) is 0. The Hall–Kier alpha value is -1.36. The van der Waals surface area contributed by atoms with E-state index in [0.717, 1.165) is 38.5 Å². The van der Waals surface area contributed by atoms with Gasteiger partial charge in [0.15, 0.2) is 6.10 Å². The van der Waals surface area contributed by atoms with Crippen LogP contribution in [0.2, 0.25) is 0 Å². The van der Waals surface area contributed by atoms with Crippen LogP contribution in [0.5, 0.6) is 0 Å². The molecule has 5 nitrogen and oxygen atoms in total. The molecule has 59 heavy (non-hydrogen) atoms. The summed E-state index contributed by atoms with van der Waals surface area (Å²) in [6, 6.07) is 0. The van der Waals surface area contributed by atoms with Crippen LogP contribution in [0.3, 0.4) is 0 Å². The van der Waals surface area contributed by atoms with Gasteiger partial charge < -0.3 is 14.6 Å². The number of hydrogen-bond donors (Lipinski definition) is 1. The van der Waals surface area contributed by atoms with Gasteiger partial charge in [-0.3, -0.25) is 9.59 Å². The van der Waals surface area contributed by atoms with Gasteiger partial charge in [0, 0.05) is 12.8 Å². The quantitative estimate of drug-likeness (QED) is 0.0375. The van der Waals surface area contributed by atoms with Gasteiger partial charge in [0.2, 0.25) is 0 Å². The van der Waals surface area contributed by atoms with E-state index in [2.05, 4.69) is 26.0 Å². The zero-order valence-electron chi connectivity index (χ0n) is 40.0.